The van der Waals surface area contributed by atoms with Crippen LogP contribution in [0.2, 0.25) is 0 Å². The molecule has 2 heterocycles. The first-order valence-corrected chi connectivity index (χ1v) is 13.3. The number of unbranched alkanes of at least 4 members (excludes halogenated alkanes) is 2. The second-order valence-electron chi connectivity index (χ2n) is 9.72. The molecule has 0 aliphatic rings. The molecule has 0 aliphatic heterocycles. The molecule has 2 aromatic carbocycles. The number of hydrogen-bond donors (Lipinski definition) is 3. The number of Topliss-reactive ketones (excluding diaryl/α,β-unsaturated/α-hetero) is 1. The van der Waals surface area contributed by atoms with E-state index >= 15 is 0 Å². The average molecular weight is 587 g/mol. The lowest BCUT2D eigenvalue weighted by Crippen LogP contribution is -2.37. The SMILES string of the molecule is COc1ccc2[nH]cc(CC(=O)N[C@@H](CCCCCC(C)=O)c3[nH]c(-c4ccccc4)c[nH+]3)c2c1.O=C([O-])C(F)(F)F. The van der Waals surface area contributed by atoms with Gasteiger partial charge in [0.05, 0.1) is 13.5 Å². The Morgan fingerprint density at radius 2 is 1.79 bits per heavy atom. The smallest absolute Gasteiger partial charge is 0.430 e. The van der Waals surface area contributed by atoms with E-state index in [4.69, 9.17) is 14.6 Å². The molecule has 0 saturated carbocycles. The number of aromatic amines is 3. The van der Waals surface area contributed by atoms with Gasteiger partial charge in [0.25, 0.3) is 5.82 Å². The third-order valence-electron chi connectivity index (χ3n) is 6.49. The lowest BCUT2D eigenvalue weighted by molar-refractivity contribution is -0.391. The molecular weight excluding hydrogens is 553 g/mol. The van der Waals surface area contributed by atoms with Crippen molar-refractivity contribution in [3.8, 4) is 17.0 Å². The van der Waals surface area contributed by atoms with Crippen LogP contribution in [0.25, 0.3) is 22.2 Å². The highest BCUT2D eigenvalue weighted by Gasteiger charge is 2.29. The molecule has 4 aromatic rings. The van der Waals surface area contributed by atoms with Crippen molar-refractivity contribution in [3.63, 3.8) is 0 Å². The lowest BCUT2D eigenvalue weighted by Gasteiger charge is -2.14. The molecule has 4 rings (SSSR count). The van der Waals surface area contributed by atoms with Crippen molar-refractivity contribution < 1.29 is 42.4 Å². The number of nitrogens with one attached hydrogen (secondary N) is 4. The number of halogens is 3. The molecule has 4 N–H and O–H groups in total. The minimum atomic E-state index is -5.19. The maximum absolute atomic E-state index is 13.1. The third-order valence-corrected chi connectivity index (χ3v) is 6.49. The number of rotatable bonds is 12. The molecule has 0 bridgehead atoms. The van der Waals surface area contributed by atoms with E-state index in [1.54, 1.807) is 14.0 Å². The number of ketones is 1. The highest BCUT2D eigenvalue weighted by molar-refractivity contribution is 5.89. The molecule has 2 aromatic heterocycles. The first-order valence-electron chi connectivity index (χ1n) is 13.3. The van der Waals surface area contributed by atoms with Gasteiger partial charge in [-0.1, -0.05) is 43.2 Å². The Kier molecular flexibility index (Phi) is 11.3. The summed E-state index contributed by atoms with van der Waals surface area (Å²) in [7, 11) is 1.64. The average Bonchev–Trinajstić information content (AvgIpc) is 3.60. The number of imidazole rings is 1. The molecule has 12 heteroatoms. The van der Waals surface area contributed by atoms with Gasteiger partial charge < -0.3 is 29.7 Å². The van der Waals surface area contributed by atoms with E-state index in [-0.39, 0.29) is 24.2 Å². The zero-order valence-electron chi connectivity index (χ0n) is 23.3. The number of hydrogen-bond acceptors (Lipinski definition) is 5. The van der Waals surface area contributed by atoms with E-state index in [2.05, 4.69) is 20.3 Å². The summed E-state index contributed by atoms with van der Waals surface area (Å²) < 4.78 is 36.9. The summed E-state index contributed by atoms with van der Waals surface area (Å²) in [6.07, 6.45) is 3.00. The van der Waals surface area contributed by atoms with Crippen LogP contribution in [0.3, 0.4) is 0 Å². The van der Waals surface area contributed by atoms with Gasteiger partial charge in [-0.25, -0.2) is 9.97 Å². The summed E-state index contributed by atoms with van der Waals surface area (Å²) >= 11 is 0. The summed E-state index contributed by atoms with van der Waals surface area (Å²) in [4.78, 5) is 43.2. The van der Waals surface area contributed by atoms with Crippen molar-refractivity contribution in [2.75, 3.05) is 7.11 Å². The van der Waals surface area contributed by atoms with Crippen LogP contribution in [-0.4, -0.2) is 40.9 Å². The van der Waals surface area contributed by atoms with Crippen LogP contribution in [0.5, 0.6) is 5.75 Å². The van der Waals surface area contributed by atoms with Crippen molar-refractivity contribution in [1.82, 2.24) is 15.3 Å². The Balaban J connectivity index is 0.000000616. The summed E-state index contributed by atoms with van der Waals surface area (Å²) in [5.74, 6) is -1.21. The van der Waals surface area contributed by atoms with Crippen LogP contribution in [0, 0.1) is 0 Å². The fourth-order valence-electron chi connectivity index (χ4n) is 4.37. The van der Waals surface area contributed by atoms with E-state index < -0.39 is 12.1 Å². The van der Waals surface area contributed by atoms with E-state index in [0.717, 1.165) is 65.0 Å². The number of carboxylic acid groups (broad SMARTS) is 1. The van der Waals surface area contributed by atoms with Gasteiger partial charge >= 0.3 is 6.18 Å². The van der Waals surface area contributed by atoms with Crippen molar-refractivity contribution in [1.29, 1.82) is 0 Å². The zero-order valence-corrected chi connectivity index (χ0v) is 23.3. The van der Waals surface area contributed by atoms with Crippen LogP contribution in [0.15, 0.2) is 60.9 Å². The molecule has 1 amide bonds. The summed E-state index contributed by atoms with van der Waals surface area (Å²) in [5, 5.41) is 13.0. The topological polar surface area (TPSA) is 141 Å². The summed E-state index contributed by atoms with van der Waals surface area (Å²) in [6.45, 7) is 1.63. The number of benzene rings is 2. The van der Waals surface area contributed by atoms with Gasteiger partial charge in [-0.2, -0.15) is 13.2 Å². The van der Waals surface area contributed by atoms with Gasteiger partial charge in [0.2, 0.25) is 5.91 Å². The predicted octanol–water partition coefficient (Wildman–Crippen LogP) is 4.22. The van der Waals surface area contributed by atoms with Gasteiger partial charge in [-0.05, 0) is 43.5 Å². The fourth-order valence-corrected chi connectivity index (χ4v) is 4.37. The van der Waals surface area contributed by atoms with E-state index in [0.29, 0.717) is 6.42 Å². The number of H-pyrrole nitrogens is 3. The second-order valence-corrected chi connectivity index (χ2v) is 9.72. The molecule has 0 aliphatic carbocycles. The number of carboxylic acids is 1. The highest BCUT2D eigenvalue weighted by atomic mass is 19.4. The van der Waals surface area contributed by atoms with Crippen LogP contribution in [0.1, 0.15) is 56.5 Å². The van der Waals surface area contributed by atoms with Gasteiger partial charge in [-0.15, -0.1) is 0 Å². The Morgan fingerprint density at radius 3 is 2.43 bits per heavy atom. The third kappa shape index (κ3) is 9.50. The Morgan fingerprint density at radius 1 is 1.07 bits per heavy atom. The molecule has 42 heavy (non-hydrogen) atoms. The van der Waals surface area contributed by atoms with E-state index in [1.165, 1.54) is 0 Å². The molecule has 0 unspecified atom stereocenters. The Bertz CT molecular complexity index is 1480. The number of methoxy groups -OCH3 is 1. The van der Waals surface area contributed by atoms with Crippen molar-refractivity contribution in [2.24, 2.45) is 0 Å². The first kappa shape index (κ1) is 31.9. The van der Waals surface area contributed by atoms with E-state index in [9.17, 15) is 22.8 Å². The van der Waals surface area contributed by atoms with Crippen molar-refractivity contribution in [2.45, 2.75) is 57.7 Å². The number of carbonyl (C=O) groups is 3. The standard InChI is InChI=1S/C28H32N4O3.C2HF3O2/c1-19(33)9-5-3-8-12-25(28-30-18-26(32-28)20-10-6-4-7-11-20)31-27(34)15-21-17-29-24-14-13-22(35-2)16-23(21)24;3-2(4,5)1(6)7/h4,6-7,10-11,13-14,16-18,25,29H,3,5,8-9,12,15H2,1-2H3,(H,30,32)(H,31,34);(H,6,7)/t25-;/m0./s1. The minimum absolute atomic E-state index is 0.0493. The number of carbonyl (C=O) groups excluding carboxylic acids is 3. The molecule has 9 nitrogen and oxygen atoms in total. The molecule has 0 fully saturated rings. The molecule has 0 saturated heterocycles. The highest BCUT2D eigenvalue weighted by Crippen LogP contribution is 2.25. The number of amides is 1. The Hall–Kier alpha value is -4.61. The van der Waals surface area contributed by atoms with Crippen molar-refractivity contribution >= 4 is 28.6 Å². The molecule has 0 spiro atoms. The van der Waals surface area contributed by atoms with Gasteiger partial charge in [0.1, 0.15) is 29.7 Å². The quantitative estimate of drug-likeness (QED) is 0.213. The van der Waals surface area contributed by atoms with Crippen LogP contribution in [0.4, 0.5) is 13.2 Å². The monoisotopic (exact) mass is 586 g/mol. The van der Waals surface area contributed by atoms with Gasteiger partial charge in [0.15, 0.2) is 5.69 Å². The van der Waals surface area contributed by atoms with Crippen LogP contribution in [-0.2, 0) is 20.8 Å². The van der Waals surface area contributed by atoms with E-state index in [1.807, 2.05) is 60.9 Å². The normalized spacial score (nSPS) is 11.8. The zero-order chi connectivity index (χ0) is 30.7. The van der Waals surface area contributed by atoms with Gasteiger partial charge in [0, 0.05) is 29.1 Å². The molecule has 0 radical (unpaired) electrons. The number of ether oxygens (including phenoxy) is 1. The lowest BCUT2D eigenvalue weighted by atomic mass is 10.0. The Labute approximate surface area is 240 Å². The maximum atomic E-state index is 13.1. The number of fused-ring (bicyclic) bond motifs is 1. The number of aromatic nitrogens is 3. The largest absolute Gasteiger partial charge is 0.542 e. The second kappa shape index (κ2) is 14.9. The van der Waals surface area contributed by atoms with Gasteiger partial charge in [-0.3, -0.25) is 4.79 Å². The summed E-state index contributed by atoms with van der Waals surface area (Å²) in [5.41, 5.74) is 3.95. The minimum Gasteiger partial charge on any atom is -0.542 e. The fraction of sp³-hybridized carbons (Fsp3) is 0.333. The maximum Gasteiger partial charge on any atom is 0.430 e. The number of aliphatic carboxylic acids is 1. The summed E-state index contributed by atoms with van der Waals surface area (Å²) in [6, 6.07) is 15.7. The number of alkyl halides is 3. The molecular formula is C30H33F3N4O5. The molecule has 1 atom stereocenters. The predicted molar refractivity (Wildman–Crippen MR) is 147 cm³/mol. The van der Waals surface area contributed by atoms with Crippen LogP contribution < -0.4 is 20.1 Å². The van der Waals surface area contributed by atoms with Crippen LogP contribution >= 0.6 is 0 Å². The van der Waals surface area contributed by atoms with Crippen molar-refractivity contribution in [3.05, 3.63) is 72.3 Å². The first-order chi connectivity index (χ1) is 20.0. The molecule has 224 valence electrons.